The summed E-state index contributed by atoms with van der Waals surface area (Å²) in [5.74, 6) is 1.16. The van der Waals surface area contributed by atoms with Gasteiger partial charge in [0.15, 0.2) is 5.16 Å². The molecule has 4 rings (SSSR count). The topological polar surface area (TPSA) is 51.0 Å². The zero-order valence-corrected chi connectivity index (χ0v) is 20.6. The van der Waals surface area contributed by atoms with Crippen LogP contribution in [0.25, 0.3) is 0 Å². The number of aryl methyl sites for hydroxylation is 1. The molecule has 5 nitrogen and oxygen atoms in total. The summed E-state index contributed by atoms with van der Waals surface area (Å²) in [6.07, 6.45) is 7.67. The van der Waals surface area contributed by atoms with Crippen molar-refractivity contribution in [1.29, 1.82) is 0 Å². The van der Waals surface area contributed by atoms with E-state index in [2.05, 4.69) is 56.5 Å². The number of thioether (sulfide) groups is 1. The lowest BCUT2D eigenvalue weighted by atomic mass is 9.94. The van der Waals surface area contributed by atoms with Gasteiger partial charge in [-0.25, -0.2) is 0 Å². The zero-order valence-electron chi connectivity index (χ0n) is 18.9. The molecule has 2 aromatic heterocycles. The molecule has 1 atom stereocenters. The van der Waals surface area contributed by atoms with Gasteiger partial charge in [-0.05, 0) is 43.2 Å². The molecule has 3 aromatic rings. The van der Waals surface area contributed by atoms with Crippen molar-refractivity contribution < 1.29 is 4.79 Å². The van der Waals surface area contributed by atoms with Gasteiger partial charge in [-0.1, -0.05) is 67.4 Å². The summed E-state index contributed by atoms with van der Waals surface area (Å²) < 4.78 is 2.21. The molecule has 170 valence electrons. The van der Waals surface area contributed by atoms with Gasteiger partial charge >= 0.3 is 0 Å². The molecule has 2 heterocycles. The molecule has 1 aliphatic carbocycles. The van der Waals surface area contributed by atoms with E-state index in [1.807, 2.05) is 24.9 Å². The van der Waals surface area contributed by atoms with E-state index in [-0.39, 0.29) is 11.2 Å². The molecular weight excluding hydrogens is 436 g/mol. The Hall–Kier alpha value is -2.12. The molecule has 0 aliphatic heterocycles. The maximum Gasteiger partial charge on any atom is 0.235 e. The van der Waals surface area contributed by atoms with Gasteiger partial charge in [-0.2, -0.15) is 0 Å². The predicted molar refractivity (Wildman–Crippen MR) is 132 cm³/mol. The minimum absolute atomic E-state index is 0.184. The lowest BCUT2D eigenvalue weighted by molar-refractivity contribution is -0.131. The third kappa shape index (κ3) is 5.81. The molecule has 0 N–H and O–H groups in total. The van der Waals surface area contributed by atoms with Gasteiger partial charge in [0, 0.05) is 30.9 Å². The number of aromatic nitrogens is 3. The monoisotopic (exact) mass is 468 g/mol. The number of rotatable bonds is 9. The van der Waals surface area contributed by atoms with E-state index in [0.717, 1.165) is 43.2 Å². The number of benzene rings is 1. The summed E-state index contributed by atoms with van der Waals surface area (Å²) in [6.45, 7) is 2.81. The number of thiophene rings is 1. The molecule has 1 fully saturated rings. The van der Waals surface area contributed by atoms with Crippen molar-refractivity contribution in [1.82, 2.24) is 19.7 Å². The van der Waals surface area contributed by atoms with Crippen LogP contribution < -0.4 is 0 Å². The molecule has 0 bridgehead atoms. The SMILES string of the molecule is CC(Sc1nnc(Cc2cccs2)n1CCc1ccccc1)C(=O)N(C)C1CCCCC1. The summed E-state index contributed by atoms with van der Waals surface area (Å²) >= 11 is 3.28. The Labute approximate surface area is 199 Å². The van der Waals surface area contributed by atoms with Crippen LogP contribution in [0.15, 0.2) is 53.0 Å². The Morgan fingerprint density at radius 3 is 2.66 bits per heavy atom. The number of amides is 1. The minimum atomic E-state index is -0.184. The highest BCUT2D eigenvalue weighted by Gasteiger charge is 2.27. The smallest absolute Gasteiger partial charge is 0.235 e. The van der Waals surface area contributed by atoms with Gasteiger partial charge in [0.25, 0.3) is 0 Å². The second-order valence-electron chi connectivity index (χ2n) is 8.54. The Kier molecular flexibility index (Phi) is 8.03. The van der Waals surface area contributed by atoms with Crippen LogP contribution in [0.1, 0.15) is 55.3 Å². The van der Waals surface area contributed by atoms with Crippen molar-refractivity contribution in [2.24, 2.45) is 0 Å². The van der Waals surface area contributed by atoms with Gasteiger partial charge in [-0.3, -0.25) is 4.79 Å². The van der Waals surface area contributed by atoms with Crippen LogP contribution in [0.5, 0.6) is 0 Å². The van der Waals surface area contributed by atoms with Crippen molar-refractivity contribution in [2.75, 3.05) is 7.05 Å². The fourth-order valence-corrected chi connectivity index (χ4v) is 6.06. The van der Waals surface area contributed by atoms with E-state index < -0.39 is 0 Å². The maximum absolute atomic E-state index is 13.1. The van der Waals surface area contributed by atoms with Crippen LogP contribution in [0.3, 0.4) is 0 Å². The largest absolute Gasteiger partial charge is 0.342 e. The van der Waals surface area contributed by atoms with Crippen LogP contribution in [-0.2, 0) is 24.2 Å². The lowest BCUT2D eigenvalue weighted by Gasteiger charge is -2.32. The Bertz CT molecular complexity index is 981. The summed E-state index contributed by atoms with van der Waals surface area (Å²) in [7, 11) is 1.97. The van der Waals surface area contributed by atoms with Crippen molar-refractivity contribution >= 4 is 29.0 Å². The normalized spacial score (nSPS) is 15.6. The van der Waals surface area contributed by atoms with Gasteiger partial charge in [0.05, 0.1) is 5.25 Å². The molecule has 0 radical (unpaired) electrons. The number of carbonyl (C=O) groups is 1. The van der Waals surface area contributed by atoms with Crippen molar-refractivity contribution in [2.45, 2.75) is 74.9 Å². The second-order valence-corrected chi connectivity index (χ2v) is 10.9. The first kappa shape index (κ1) is 23.1. The molecular formula is C25H32N4OS2. The number of hydrogen-bond donors (Lipinski definition) is 0. The van der Waals surface area contributed by atoms with Crippen LogP contribution in [-0.4, -0.2) is 43.9 Å². The van der Waals surface area contributed by atoms with E-state index in [0.29, 0.717) is 6.04 Å². The first-order valence-corrected chi connectivity index (χ1v) is 13.3. The van der Waals surface area contributed by atoms with Crippen LogP contribution in [0.2, 0.25) is 0 Å². The van der Waals surface area contributed by atoms with Gasteiger partial charge in [-0.15, -0.1) is 21.5 Å². The van der Waals surface area contributed by atoms with Gasteiger partial charge < -0.3 is 9.47 Å². The second kappa shape index (κ2) is 11.1. The standard InChI is InChI=1S/C25H32N4OS2/c1-19(24(30)28(2)21-12-7-4-8-13-21)32-25-27-26-23(18-22-14-9-17-31-22)29(25)16-15-20-10-5-3-6-11-20/h3,5-6,9-11,14,17,19,21H,4,7-8,12-13,15-16,18H2,1-2H3. The highest BCUT2D eigenvalue weighted by atomic mass is 32.2. The highest BCUT2D eigenvalue weighted by Crippen LogP contribution is 2.28. The quantitative estimate of drug-likeness (QED) is 0.392. The molecule has 1 unspecified atom stereocenters. The molecule has 1 aromatic carbocycles. The minimum Gasteiger partial charge on any atom is -0.342 e. The van der Waals surface area contributed by atoms with Crippen LogP contribution in [0, 0.1) is 0 Å². The fraction of sp³-hybridized carbons (Fsp3) is 0.480. The Morgan fingerprint density at radius 1 is 1.16 bits per heavy atom. The summed E-state index contributed by atoms with van der Waals surface area (Å²) in [6, 6.07) is 15.1. The van der Waals surface area contributed by atoms with E-state index >= 15 is 0 Å². The van der Waals surface area contributed by atoms with Crippen molar-refractivity contribution in [3.8, 4) is 0 Å². The van der Waals surface area contributed by atoms with Crippen molar-refractivity contribution in [3.05, 3.63) is 64.1 Å². The number of nitrogens with zero attached hydrogens (tertiary/aromatic N) is 4. The zero-order chi connectivity index (χ0) is 22.3. The average Bonchev–Trinajstić information content (AvgIpc) is 3.48. The summed E-state index contributed by atoms with van der Waals surface area (Å²) in [5, 5.41) is 11.8. The molecule has 1 aliphatic rings. The molecule has 7 heteroatoms. The van der Waals surface area contributed by atoms with Crippen LogP contribution in [0.4, 0.5) is 0 Å². The van der Waals surface area contributed by atoms with Gasteiger partial charge in [0.1, 0.15) is 5.82 Å². The van der Waals surface area contributed by atoms with E-state index in [1.165, 1.54) is 29.7 Å². The van der Waals surface area contributed by atoms with E-state index in [4.69, 9.17) is 0 Å². The predicted octanol–water partition coefficient (Wildman–Crippen LogP) is 5.44. The Balaban J connectivity index is 1.48. The molecule has 32 heavy (non-hydrogen) atoms. The Morgan fingerprint density at radius 2 is 1.94 bits per heavy atom. The first-order chi connectivity index (χ1) is 15.6. The van der Waals surface area contributed by atoms with Crippen LogP contribution >= 0.6 is 23.1 Å². The highest BCUT2D eigenvalue weighted by molar-refractivity contribution is 8.00. The molecule has 0 saturated heterocycles. The molecule has 1 amide bonds. The summed E-state index contributed by atoms with van der Waals surface area (Å²) in [4.78, 5) is 16.4. The third-order valence-electron chi connectivity index (χ3n) is 6.27. The number of carbonyl (C=O) groups excluding carboxylic acids is 1. The maximum atomic E-state index is 13.1. The number of hydrogen-bond acceptors (Lipinski definition) is 5. The fourth-order valence-electron chi connectivity index (χ4n) is 4.36. The van der Waals surface area contributed by atoms with Gasteiger partial charge in [0.2, 0.25) is 5.91 Å². The van der Waals surface area contributed by atoms with E-state index in [9.17, 15) is 4.79 Å². The van der Waals surface area contributed by atoms with E-state index in [1.54, 1.807) is 23.1 Å². The molecule has 1 saturated carbocycles. The third-order valence-corrected chi connectivity index (χ3v) is 8.22. The summed E-state index contributed by atoms with van der Waals surface area (Å²) in [5.41, 5.74) is 1.29. The average molecular weight is 469 g/mol. The van der Waals surface area contributed by atoms with Crippen molar-refractivity contribution in [3.63, 3.8) is 0 Å². The first-order valence-electron chi connectivity index (χ1n) is 11.5. The lowest BCUT2D eigenvalue weighted by Crippen LogP contribution is -2.42. The molecule has 0 spiro atoms.